The molecule has 0 amide bonds. The third-order valence-corrected chi connectivity index (χ3v) is 2.08. The van der Waals surface area contributed by atoms with Crippen LogP contribution in [0.4, 0.5) is 0 Å². The van der Waals surface area contributed by atoms with E-state index in [1.165, 1.54) is 20.4 Å². The Morgan fingerprint density at radius 3 is 2.69 bits per heavy atom. The Balaban J connectivity index is 3.29. The number of hydrogen-bond donors (Lipinski definition) is 1. The maximum absolute atomic E-state index is 11.5. The summed E-state index contributed by atoms with van der Waals surface area (Å²) in [6.45, 7) is 1.60. The predicted molar refractivity (Wildman–Crippen MR) is 59.3 cm³/mol. The fraction of sp³-hybridized carbons (Fsp3) is 0.273. The van der Waals surface area contributed by atoms with Gasteiger partial charge in [0.05, 0.1) is 13.4 Å². The van der Waals surface area contributed by atoms with Gasteiger partial charge in [-0.1, -0.05) is 0 Å². The molecule has 0 fully saturated rings. The minimum atomic E-state index is -0.656. The fourth-order valence-corrected chi connectivity index (χ4v) is 1.17. The van der Waals surface area contributed by atoms with Crippen LogP contribution in [0.25, 0.3) is 5.76 Å². The summed E-state index contributed by atoms with van der Waals surface area (Å²) in [6.07, 6.45) is 1.40. The Bertz CT molecular complexity index is 429. The molecule has 0 saturated carbocycles. The largest absolute Gasteiger partial charge is 0.504 e. The summed E-state index contributed by atoms with van der Waals surface area (Å²) in [6, 6.07) is 3.15. The second-order valence-electron chi connectivity index (χ2n) is 3.00. The highest BCUT2D eigenvalue weighted by atomic mass is 16.5. The van der Waals surface area contributed by atoms with E-state index in [1.54, 1.807) is 19.1 Å². The molecule has 0 atom stereocenters. The number of nitrogens with zero attached hydrogens (tertiary/aromatic N) is 1. The maximum Gasteiger partial charge on any atom is 0.343 e. The molecular weight excluding hydrogens is 210 g/mol. The quantitative estimate of drug-likeness (QED) is 0.367. The van der Waals surface area contributed by atoms with Gasteiger partial charge in [-0.05, 0) is 19.1 Å². The molecule has 0 aromatic carbocycles. The van der Waals surface area contributed by atoms with Crippen LogP contribution in [0.2, 0.25) is 0 Å². The topological polar surface area (TPSA) is 72.0 Å². The number of methoxy groups -OCH3 is 1. The monoisotopic (exact) mass is 223 g/mol. The van der Waals surface area contributed by atoms with Crippen LogP contribution in [0.5, 0.6) is 0 Å². The SMILES string of the molecule is CN=C(C)C(C(=O)OC)=C(O)c1ccco1. The molecule has 1 aromatic heterocycles. The lowest BCUT2D eigenvalue weighted by Crippen LogP contribution is -2.14. The second-order valence-corrected chi connectivity index (χ2v) is 3.00. The summed E-state index contributed by atoms with van der Waals surface area (Å²) < 4.78 is 9.57. The number of ether oxygens (including phenoxy) is 1. The highest BCUT2D eigenvalue weighted by molar-refractivity contribution is 6.23. The van der Waals surface area contributed by atoms with E-state index in [0.717, 1.165) is 0 Å². The van der Waals surface area contributed by atoms with Gasteiger partial charge in [0.2, 0.25) is 0 Å². The van der Waals surface area contributed by atoms with Crippen molar-refractivity contribution in [2.45, 2.75) is 6.92 Å². The summed E-state index contributed by atoms with van der Waals surface area (Å²) in [5, 5.41) is 9.88. The van der Waals surface area contributed by atoms with E-state index in [4.69, 9.17) is 4.42 Å². The van der Waals surface area contributed by atoms with Crippen LogP contribution in [0.15, 0.2) is 33.4 Å². The minimum absolute atomic E-state index is 0.0000463. The van der Waals surface area contributed by atoms with Crippen LogP contribution in [-0.4, -0.2) is 30.9 Å². The van der Waals surface area contributed by atoms with Crippen LogP contribution in [0.3, 0.4) is 0 Å². The van der Waals surface area contributed by atoms with Crippen molar-refractivity contribution < 1.29 is 19.1 Å². The fourth-order valence-electron chi connectivity index (χ4n) is 1.17. The zero-order valence-electron chi connectivity index (χ0n) is 9.35. The zero-order chi connectivity index (χ0) is 12.1. The molecule has 0 bridgehead atoms. The van der Waals surface area contributed by atoms with Crippen molar-refractivity contribution in [2.24, 2.45) is 4.99 Å². The Hall–Kier alpha value is -2.04. The van der Waals surface area contributed by atoms with Gasteiger partial charge in [0.25, 0.3) is 0 Å². The molecule has 1 rings (SSSR count). The van der Waals surface area contributed by atoms with Gasteiger partial charge in [-0.15, -0.1) is 0 Å². The molecule has 1 heterocycles. The normalized spacial score (nSPS) is 13.3. The van der Waals surface area contributed by atoms with Crippen LogP contribution in [0.1, 0.15) is 12.7 Å². The van der Waals surface area contributed by atoms with Gasteiger partial charge in [0, 0.05) is 12.8 Å². The number of carbonyl (C=O) groups excluding carboxylic acids is 1. The molecule has 16 heavy (non-hydrogen) atoms. The lowest BCUT2D eigenvalue weighted by atomic mass is 10.1. The Morgan fingerprint density at radius 2 is 2.25 bits per heavy atom. The molecule has 86 valence electrons. The van der Waals surface area contributed by atoms with Gasteiger partial charge in [-0.2, -0.15) is 0 Å². The van der Waals surface area contributed by atoms with Gasteiger partial charge >= 0.3 is 5.97 Å². The maximum atomic E-state index is 11.5. The number of aliphatic imine (C=N–C) groups is 1. The molecule has 5 nitrogen and oxygen atoms in total. The summed E-state index contributed by atoms with van der Waals surface area (Å²) in [7, 11) is 2.76. The Morgan fingerprint density at radius 1 is 1.56 bits per heavy atom. The average Bonchev–Trinajstić information content (AvgIpc) is 2.81. The van der Waals surface area contributed by atoms with Crippen LogP contribution in [0, 0.1) is 0 Å². The van der Waals surface area contributed by atoms with E-state index in [2.05, 4.69) is 9.73 Å². The number of aliphatic hydroxyl groups is 1. The Kier molecular flexibility index (Phi) is 3.88. The molecule has 0 unspecified atom stereocenters. The van der Waals surface area contributed by atoms with E-state index >= 15 is 0 Å². The highest BCUT2D eigenvalue weighted by Crippen LogP contribution is 2.18. The van der Waals surface area contributed by atoms with Crippen molar-refractivity contribution >= 4 is 17.4 Å². The molecule has 1 aromatic rings. The molecule has 0 spiro atoms. The third kappa shape index (κ3) is 2.31. The molecule has 1 N–H and O–H groups in total. The molecular formula is C11H13NO4. The number of carbonyl (C=O) groups is 1. The van der Waals surface area contributed by atoms with Gasteiger partial charge in [0.15, 0.2) is 11.5 Å². The van der Waals surface area contributed by atoms with Crippen LogP contribution in [-0.2, 0) is 9.53 Å². The van der Waals surface area contributed by atoms with Crippen molar-refractivity contribution in [2.75, 3.05) is 14.2 Å². The number of esters is 1. The standard InChI is InChI=1S/C11H13NO4/c1-7(12-2)9(11(14)15-3)10(13)8-5-4-6-16-8/h4-6,13H,1-3H3. The van der Waals surface area contributed by atoms with Gasteiger partial charge in [-0.25, -0.2) is 4.79 Å². The zero-order valence-corrected chi connectivity index (χ0v) is 9.35. The van der Waals surface area contributed by atoms with E-state index in [0.29, 0.717) is 5.71 Å². The first-order valence-electron chi connectivity index (χ1n) is 4.61. The number of aliphatic hydroxyl groups excluding tert-OH is 1. The van der Waals surface area contributed by atoms with Crippen molar-refractivity contribution in [3.05, 3.63) is 29.7 Å². The van der Waals surface area contributed by atoms with Gasteiger partial charge < -0.3 is 14.3 Å². The second kappa shape index (κ2) is 5.16. The Labute approximate surface area is 93.1 Å². The lowest BCUT2D eigenvalue weighted by Gasteiger charge is -2.06. The molecule has 0 aliphatic rings. The molecule has 0 saturated heterocycles. The van der Waals surface area contributed by atoms with Gasteiger partial charge in [0.1, 0.15) is 5.57 Å². The lowest BCUT2D eigenvalue weighted by molar-refractivity contribution is -0.135. The smallest absolute Gasteiger partial charge is 0.343 e. The first-order valence-corrected chi connectivity index (χ1v) is 4.61. The number of hydrogen-bond acceptors (Lipinski definition) is 5. The molecule has 0 aliphatic carbocycles. The number of rotatable bonds is 3. The van der Waals surface area contributed by atoms with E-state index < -0.39 is 5.97 Å². The molecule has 5 heteroatoms. The van der Waals surface area contributed by atoms with E-state index in [9.17, 15) is 9.90 Å². The van der Waals surface area contributed by atoms with Crippen molar-refractivity contribution in [1.82, 2.24) is 0 Å². The van der Waals surface area contributed by atoms with Gasteiger partial charge in [-0.3, -0.25) is 4.99 Å². The molecule has 0 aliphatic heterocycles. The van der Waals surface area contributed by atoms with Crippen molar-refractivity contribution in [3.8, 4) is 0 Å². The first-order chi connectivity index (χ1) is 7.61. The minimum Gasteiger partial charge on any atom is -0.504 e. The number of furan rings is 1. The van der Waals surface area contributed by atoms with Crippen LogP contribution < -0.4 is 0 Å². The van der Waals surface area contributed by atoms with E-state index in [1.807, 2.05) is 0 Å². The first kappa shape index (κ1) is 12.0. The highest BCUT2D eigenvalue weighted by Gasteiger charge is 2.21. The average molecular weight is 223 g/mol. The summed E-state index contributed by atoms with van der Waals surface area (Å²) >= 11 is 0. The summed E-state index contributed by atoms with van der Waals surface area (Å²) in [5.74, 6) is -0.736. The molecule has 0 radical (unpaired) electrons. The predicted octanol–water partition coefficient (Wildman–Crippen LogP) is 1.81. The van der Waals surface area contributed by atoms with Crippen LogP contribution >= 0.6 is 0 Å². The summed E-state index contributed by atoms with van der Waals surface area (Å²) in [5.41, 5.74) is 0.376. The third-order valence-electron chi connectivity index (χ3n) is 2.08. The van der Waals surface area contributed by atoms with Crippen molar-refractivity contribution in [1.29, 1.82) is 0 Å². The summed E-state index contributed by atoms with van der Waals surface area (Å²) in [4.78, 5) is 15.3. The van der Waals surface area contributed by atoms with E-state index in [-0.39, 0.29) is 17.1 Å². The van der Waals surface area contributed by atoms with Crippen molar-refractivity contribution in [3.63, 3.8) is 0 Å².